The molecule has 2 heterocycles. The minimum absolute atomic E-state index is 0.0373. The normalized spacial score (nSPS) is 18.3. The number of likely N-dealkylation sites (tertiary alicyclic amines) is 1. The summed E-state index contributed by atoms with van der Waals surface area (Å²) in [6.07, 6.45) is 2.43. The van der Waals surface area contributed by atoms with Crippen LogP contribution in [0.3, 0.4) is 0 Å². The van der Waals surface area contributed by atoms with Gasteiger partial charge in [0, 0.05) is 24.9 Å². The van der Waals surface area contributed by atoms with Gasteiger partial charge in [0.1, 0.15) is 5.76 Å². The second-order valence-corrected chi connectivity index (χ2v) is 5.78. The molecule has 1 aromatic heterocycles. The van der Waals surface area contributed by atoms with Gasteiger partial charge in [-0.15, -0.1) is 0 Å². The van der Waals surface area contributed by atoms with E-state index >= 15 is 0 Å². The lowest BCUT2D eigenvalue weighted by molar-refractivity contribution is 0.0636. The van der Waals surface area contributed by atoms with E-state index in [-0.39, 0.29) is 11.3 Å². The van der Waals surface area contributed by atoms with Crippen LogP contribution in [0.4, 0.5) is 0 Å². The highest BCUT2D eigenvalue weighted by atomic mass is 32.1. The van der Waals surface area contributed by atoms with E-state index in [1.54, 1.807) is 6.07 Å². The van der Waals surface area contributed by atoms with E-state index in [4.69, 9.17) is 22.4 Å². The molecule has 0 aliphatic carbocycles. The SMILES string of the molecule is CCc1ccc(C(=O)N2CCC(C)(C(N)=S)CC2)o1. The summed E-state index contributed by atoms with van der Waals surface area (Å²) in [6.45, 7) is 5.42. The molecule has 1 amide bonds. The topological polar surface area (TPSA) is 59.5 Å². The van der Waals surface area contributed by atoms with E-state index in [1.165, 1.54) is 0 Å². The Morgan fingerprint density at radius 1 is 1.47 bits per heavy atom. The fourth-order valence-corrected chi connectivity index (χ4v) is 2.49. The molecule has 1 saturated heterocycles. The van der Waals surface area contributed by atoms with Crippen molar-refractivity contribution in [2.24, 2.45) is 11.1 Å². The zero-order valence-electron chi connectivity index (χ0n) is 11.4. The third kappa shape index (κ3) is 2.81. The third-order valence-corrected chi connectivity index (χ3v) is 4.46. The lowest BCUT2D eigenvalue weighted by Crippen LogP contribution is -2.46. The van der Waals surface area contributed by atoms with Gasteiger partial charge >= 0.3 is 0 Å². The second kappa shape index (κ2) is 5.33. The number of piperidine rings is 1. The van der Waals surface area contributed by atoms with Gasteiger partial charge in [0.2, 0.25) is 0 Å². The number of rotatable bonds is 3. The van der Waals surface area contributed by atoms with Crippen LogP contribution in [0, 0.1) is 5.41 Å². The fraction of sp³-hybridized carbons (Fsp3) is 0.571. The number of furan rings is 1. The van der Waals surface area contributed by atoms with Crippen LogP contribution >= 0.6 is 12.2 Å². The first-order chi connectivity index (χ1) is 8.96. The van der Waals surface area contributed by atoms with Gasteiger partial charge in [0.05, 0.1) is 4.99 Å². The summed E-state index contributed by atoms with van der Waals surface area (Å²) in [4.78, 5) is 14.6. The number of carbonyl (C=O) groups excluding carboxylic acids is 1. The predicted octanol–water partition coefficient (Wildman–Crippen LogP) is 2.37. The molecule has 0 radical (unpaired) electrons. The molecule has 19 heavy (non-hydrogen) atoms. The first kappa shape index (κ1) is 14.1. The van der Waals surface area contributed by atoms with E-state index in [2.05, 4.69) is 6.92 Å². The van der Waals surface area contributed by atoms with Crippen LogP contribution in [0.1, 0.15) is 43.0 Å². The number of aryl methyl sites for hydroxylation is 1. The van der Waals surface area contributed by atoms with Gasteiger partial charge in [0.25, 0.3) is 5.91 Å². The van der Waals surface area contributed by atoms with Crippen molar-refractivity contribution >= 4 is 23.1 Å². The van der Waals surface area contributed by atoms with Crippen molar-refractivity contribution in [2.75, 3.05) is 13.1 Å². The molecule has 1 aliphatic heterocycles. The van der Waals surface area contributed by atoms with E-state index in [9.17, 15) is 4.79 Å². The summed E-state index contributed by atoms with van der Waals surface area (Å²) >= 11 is 5.10. The summed E-state index contributed by atoms with van der Waals surface area (Å²) in [5, 5.41) is 0. The van der Waals surface area contributed by atoms with Crippen molar-refractivity contribution in [1.82, 2.24) is 4.90 Å². The molecule has 0 bridgehead atoms. The molecule has 2 N–H and O–H groups in total. The van der Waals surface area contributed by atoms with Gasteiger partial charge in [-0.1, -0.05) is 26.1 Å². The molecule has 1 fully saturated rings. The molecule has 0 saturated carbocycles. The average Bonchev–Trinajstić information content (AvgIpc) is 2.87. The summed E-state index contributed by atoms with van der Waals surface area (Å²) in [7, 11) is 0. The molecule has 1 aromatic rings. The Balaban J connectivity index is 2.01. The van der Waals surface area contributed by atoms with Gasteiger partial charge in [-0.2, -0.15) is 0 Å². The highest BCUT2D eigenvalue weighted by Crippen LogP contribution is 2.31. The molecule has 0 atom stereocenters. The first-order valence-electron chi connectivity index (χ1n) is 6.64. The van der Waals surface area contributed by atoms with Crippen LogP contribution in [-0.4, -0.2) is 28.9 Å². The van der Waals surface area contributed by atoms with Crippen LogP contribution in [0.5, 0.6) is 0 Å². The Bertz CT molecular complexity index is 487. The zero-order valence-corrected chi connectivity index (χ0v) is 12.3. The predicted molar refractivity (Wildman–Crippen MR) is 78.1 cm³/mol. The van der Waals surface area contributed by atoms with E-state index in [0.717, 1.165) is 25.0 Å². The molecule has 104 valence electrons. The number of thiocarbonyl (C=S) groups is 1. The fourth-order valence-electron chi connectivity index (χ4n) is 2.29. The Kier molecular flexibility index (Phi) is 3.94. The smallest absolute Gasteiger partial charge is 0.289 e. The summed E-state index contributed by atoms with van der Waals surface area (Å²) in [5.74, 6) is 1.23. The maximum atomic E-state index is 12.3. The van der Waals surface area contributed by atoms with Crippen molar-refractivity contribution in [3.8, 4) is 0 Å². The Hall–Kier alpha value is -1.36. The Labute approximate surface area is 118 Å². The molecule has 0 unspecified atom stereocenters. The molecule has 0 aromatic carbocycles. The van der Waals surface area contributed by atoms with Crippen LogP contribution in [0.15, 0.2) is 16.5 Å². The van der Waals surface area contributed by atoms with Crippen molar-refractivity contribution in [3.63, 3.8) is 0 Å². The number of carbonyl (C=O) groups is 1. The molecule has 5 heteroatoms. The quantitative estimate of drug-likeness (QED) is 0.864. The summed E-state index contributed by atoms with van der Waals surface area (Å²) in [5.41, 5.74) is 5.64. The lowest BCUT2D eigenvalue weighted by Gasteiger charge is -2.38. The number of hydrogen-bond donors (Lipinski definition) is 1. The Morgan fingerprint density at radius 3 is 2.58 bits per heavy atom. The van der Waals surface area contributed by atoms with Crippen molar-refractivity contribution < 1.29 is 9.21 Å². The highest BCUT2D eigenvalue weighted by Gasteiger charge is 2.34. The monoisotopic (exact) mass is 280 g/mol. The zero-order chi connectivity index (χ0) is 14.0. The number of nitrogens with two attached hydrogens (primary N) is 1. The van der Waals surface area contributed by atoms with Gasteiger partial charge in [0.15, 0.2) is 5.76 Å². The van der Waals surface area contributed by atoms with E-state index in [0.29, 0.717) is 23.8 Å². The largest absolute Gasteiger partial charge is 0.456 e. The van der Waals surface area contributed by atoms with Gasteiger partial charge in [-0.05, 0) is 25.0 Å². The van der Waals surface area contributed by atoms with Crippen molar-refractivity contribution in [1.29, 1.82) is 0 Å². The molecule has 1 aliphatic rings. The number of amides is 1. The van der Waals surface area contributed by atoms with Gasteiger partial charge < -0.3 is 15.1 Å². The number of hydrogen-bond acceptors (Lipinski definition) is 3. The summed E-state index contributed by atoms with van der Waals surface area (Å²) < 4.78 is 5.51. The van der Waals surface area contributed by atoms with E-state index in [1.807, 2.05) is 17.9 Å². The standard InChI is InChI=1S/C14H20N2O2S/c1-3-10-4-5-11(18-10)12(17)16-8-6-14(2,7-9-16)13(15)19/h4-5H,3,6-9H2,1-2H3,(H2,15,19). The van der Waals surface area contributed by atoms with Crippen LogP contribution < -0.4 is 5.73 Å². The van der Waals surface area contributed by atoms with Crippen molar-refractivity contribution in [2.45, 2.75) is 33.1 Å². The molecular formula is C14H20N2O2S. The second-order valence-electron chi connectivity index (χ2n) is 5.34. The lowest BCUT2D eigenvalue weighted by atomic mass is 9.80. The van der Waals surface area contributed by atoms with Crippen LogP contribution in [0.2, 0.25) is 0 Å². The third-order valence-electron chi connectivity index (χ3n) is 3.97. The van der Waals surface area contributed by atoms with Crippen LogP contribution in [-0.2, 0) is 6.42 Å². The summed E-state index contributed by atoms with van der Waals surface area (Å²) in [6, 6.07) is 3.61. The minimum Gasteiger partial charge on any atom is -0.456 e. The molecule has 2 rings (SSSR count). The average molecular weight is 280 g/mol. The first-order valence-corrected chi connectivity index (χ1v) is 7.05. The Morgan fingerprint density at radius 2 is 2.11 bits per heavy atom. The molecule has 4 nitrogen and oxygen atoms in total. The minimum atomic E-state index is -0.121. The maximum absolute atomic E-state index is 12.3. The van der Waals surface area contributed by atoms with Crippen LogP contribution in [0.25, 0.3) is 0 Å². The van der Waals surface area contributed by atoms with Crippen molar-refractivity contribution in [3.05, 3.63) is 23.7 Å². The highest BCUT2D eigenvalue weighted by molar-refractivity contribution is 7.80. The number of nitrogens with zero attached hydrogens (tertiary/aromatic N) is 1. The maximum Gasteiger partial charge on any atom is 0.289 e. The van der Waals surface area contributed by atoms with E-state index < -0.39 is 0 Å². The van der Waals surface area contributed by atoms with Gasteiger partial charge in [-0.3, -0.25) is 4.79 Å². The molecule has 0 spiro atoms. The molecular weight excluding hydrogens is 260 g/mol. The van der Waals surface area contributed by atoms with Gasteiger partial charge in [-0.25, -0.2) is 0 Å².